The molecular weight excluding hydrogens is 353 g/mol. The number of carbonyl (C=O) groups excluding carboxylic acids is 1. The molecule has 0 aliphatic rings. The van der Waals surface area contributed by atoms with E-state index in [2.05, 4.69) is 5.32 Å². The van der Waals surface area contributed by atoms with Crippen molar-refractivity contribution in [3.63, 3.8) is 0 Å². The van der Waals surface area contributed by atoms with Gasteiger partial charge in [0.05, 0.1) is 10.0 Å². The van der Waals surface area contributed by atoms with Gasteiger partial charge in [0, 0.05) is 12.5 Å². The van der Waals surface area contributed by atoms with E-state index in [0.717, 1.165) is 5.56 Å². The number of carboxylic acid groups (broad SMARTS) is 1. The van der Waals surface area contributed by atoms with Gasteiger partial charge < -0.3 is 15.2 Å². The van der Waals surface area contributed by atoms with Gasteiger partial charge in [-0.2, -0.15) is 0 Å². The van der Waals surface area contributed by atoms with Crippen LogP contribution in [0.3, 0.4) is 0 Å². The molecule has 2 N–H and O–H groups in total. The van der Waals surface area contributed by atoms with Crippen LogP contribution in [0.2, 0.25) is 10.0 Å². The summed E-state index contributed by atoms with van der Waals surface area (Å²) in [7, 11) is 0. The number of carboxylic acids is 1. The van der Waals surface area contributed by atoms with Gasteiger partial charge in [0.15, 0.2) is 6.61 Å². The largest absolute Gasteiger partial charge is 0.484 e. The van der Waals surface area contributed by atoms with Crippen molar-refractivity contribution >= 4 is 35.1 Å². The number of halogens is 2. The first-order valence-electron chi connectivity index (χ1n) is 7.09. The Balaban J connectivity index is 1.90. The van der Waals surface area contributed by atoms with Crippen LogP contribution in [0.1, 0.15) is 5.56 Å². The fourth-order valence-corrected chi connectivity index (χ4v) is 2.29. The summed E-state index contributed by atoms with van der Waals surface area (Å²) < 4.78 is 5.29. The summed E-state index contributed by atoms with van der Waals surface area (Å²) in [5.41, 5.74) is 0.815. The van der Waals surface area contributed by atoms with Gasteiger partial charge >= 0.3 is 5.97 Å². The van der Waals surface area contributed by atoms with Crippen molar-refractivity contribution in [1.29, 1.82) is 0 Å². The van der Waals surface area contributed by atoms with E-state index in [0.29, 0.717) is 15.8 Å². The maximum Gasteiger partial charge on any atom is 0.326 e. The van der Waals surface area contributed by atoms with E-state index in [4.69, 9.17) is 27.9 Å². The van der Waals surface area contributed by atoms with Crippen LogP contribution in [-0.2, 0) is 16.0 Å². The summed E-state index contributed by atoms with van der Waals surface area (Å²) in [5.74, 6) is -1.28. The van der Waals surface area contributed by atoms with E-state index in [1.807, 2.05) is 18.2 Å². The smallest absolute Gasteiger partial charge is 0.326 e. The molecule has 0 bridgehead atoms. The first kappa shape index (κ1) is 18.1. The number of aliphatic carboxylic acids is 1. The molecule has 0 fully saturated rings. The predicted octanol–water partition coefficient (Wildman–Crippen LogP) is 3.18. The highest BCUT2D eigenvalue weighted by molar-refractivity contribution is 6.42. The van der Waals surface area contributed by atoms with Crippen molar-refractivity contribution in [3.8, 4) is 5.75 Å². The van der Waals surface area contributed by atoms with Gasteiger partial charge in [0.25, 0.3) is 5.91 Å². The van der Waals surface area contributed by atoms with E-state index < -0.39 is 17.9 Å². The average Bonchev–Trinajstić information content (AvgIpc) is 2.56. The zero-order valence-electron chi connectivity index (χ0n) is 12.5. The molecule has 2 aromatic carbocycles. The molecule has 2 aromatic rings. The van der Waals surface area contributed by atoms with E-state index in [1.165, 1.54) is 6.07 Å². The first-order valence-corrected chi connectivity index (χ1v) is 7.85. The Morgan fingerprint density at radius 2 is 1.79 bits per heavy atom. The van der Waals surface area contributed by atoms with Crippen LogP contribution < -0.4 is 10.1 Å². The Labute approximate surface area is 149 Å². The molecule has 1 amide bonds. The van der Waals surface area contributed by atoms with Crippen molar-refractivity contribution < 1.29 is 19.4 Å². The van der Waals surface area contributed by atoms with Crippen molar-refractivity contribution in [1.82, 2.24) is 5.32 Å². The van der Waals surface area contributed by atoms with Crippen LogP contribution in [-0.4, -0.2) is 29.6 Å². The molecule has 0 spiro atoms. The lowest BCUT2D eigenvalue weighted by Gasteiger charge is -2.15. The van der Waals surface area contributed by atoms with Gasteiger partial charge in [-0.25, -0.2) is 4.79 Å². The van der Waals surface area contributed by atoms with Crippen molar-refractivity contribution in [2.45, 2.75) is 12.5 Å². The Bertz CT molecular complexity index is 722. The number of benzene rings is 2. The molecule has 0 aliphatic carbocycles. The molecule has 0 saturated carbocycles. The van der Waals surface area contributed by atoms with Crippen molar-refractivity contribution in [2.24, 2.45) is 0 Å². The minimum Gasteiger partial charge on any atom is -0.484 e. The predicted molar refractivity (Wildman–Crippen MR) is 91.7 cm³/mol. The first-order chi connectivity index (χ1) is 11.5. The lowest BCUT2D eigenvalue weighted by molar-refractivity contribution is -0.142. The van der Waals surface area contributed by atoms with Crippen LogP contribution in [0, 0.1) is 0 Å². The van der Waals surface area contributed by atoms with Gasteiger partial charge in [-0.3, -0.25) is 4.79 Å². The normalized spacial score (nSPS) is 11.6. The third-order valence-electron chi connectivity index (χ3n) is 3.18. The molecule has 1 atom stereocenters. The van der Waals surface area contributed by atoms with Crippen molar-refractivity contribution in [3.05, 3.63) is 64.1 Å². The van der Waals surface area contributed by atoms with Crippen LogP contribution >= 0.6 is 23.2 Å². The van der Waals surface area contributed by atoms with E-state index in [9.17, 15) is 14.7 Å². The van der Waals surface area contributed by atoms with Crippen molar-refractivity contribution in [2.75, 3.05) is 6.61 Å². The van der Waals surface area contributed by atoms with E-state index >= 15 is 0 Å². The van der Waals surface area contributed by atoms with Gasteiger partial charge in [-0.05, 0) is 17.7 Å². The highest BCUT2D eigenvalue weighted by atomic mass is 35.5. The number of hydrogen-bond donors (Lipinski definition) is 2. The van der Waals surface area contributed by atoms with Gasteiger partial charge in [-0.1, -0.05) is 53.5 Å². The van der Waals surface area contributed by atoms with Crippen LogP contribution in [0.25, 0.3) is 0 Å². The molecule has 0 unspecified atom stereocenters. The second kappa shape index (κ2) is 8.57. The summed E-state index contributed by atoms with van der Waals surface area (Å²) in [6.45, 7) is -0.323. The third-order valence-corrected chi connectivity index (χ3v) is 3.92. The summed E-state index contributed by atoms with van der Waals surface area (Å²) >= 11 is 11.6. The quantitative estimate of drug-likeness (QED) is 0.787. The Morgan fingerprint density at radius 1 is 1.08 bits per heavy atom. The average molecular weight is 368 g/mol. The summed E-state index contributed by atoms with van der Waals surface area (Å²) in [5, 5.41) is 12.4. The zero-order chi connectivity index (χ0) is 17.5. The number of rotatable bonds is 7. The number of carbonyl (C=O) groups is 2. The topological polar surface area (TPSA) is 75.6 Å². The molecule has 0 heterocycles. The molecule has 7 heteroatoms. The number of nitrogens with one attached hydrogen (secondary N) is 1. The van der Waals surface area contributed by atoms with Gasteiger partial charge in [0.2, 0.25) is 0 Å². The van der Waals surface area contributed by atoms with E-state index in [1.54, 1.807) is 24.3 Å². The Kier molecular flexibility index (Phi) is 6.46. The molecule has 0 saturated heterocycles. The molecule has 24 heavy (non-hydrogen) atoms. The second-order valence-corrected chi connectivity index (χ2v) is 5.83. The standard InChI is InChI=1S/C17H15Cl2NO4/c18-13-7-6-12(9-14(13)19)24-10-16(21)20-15(17(22)23)8-11-4-2-1-3-5-11/h1-7,9,15H,8,10H2,(H,20,21)(H,22,23)/t15-/m0/s1. The molecular formula is C17H15Cl2NO4. The molecule has 0 radical (unpaired) electrons. The minimum absolute atomic E-state index is 0.189. The minimum atomic E-state index is -1.11. The number of hydrogen-bond acceptors (Lipinski definition) is 3. The Morgan fingerprint density at radius 3 is 2.42 bits per heavy atom. The SMILES string of the molecule is O=C(COc1ccc(Cl)c(Cl)c1)N[C@@H](Cc1ccccc1)C(=O)O. The van der Waals surface area contributed by atoms with Gasteiger partial charge in [0.1, 0.15) is 11.8 Å². The fourth-order valence-electron chi connectivity index (χ4n) is 2.00. The van der Waals surface area contributed by atoms with Gasteiger partial charge in [-0.15, -0.1) is 0 Å². The van der Waals surface area contributed by atoms with Crippen LogP contribution in [0.15, 0.2) is 48.5 Å². The molecule has 5 nitrogen and oxygen atoms in total. The maximum absolute atomic E-state index is 11.9. The highest BCUT2D eigenvalue weighted by Gasteiger charge is 2.20. The molecule has 126 valence electrons. The Hall–Kier alpha value is -2.24. The lowest BCUT2D eigenvalue weighted by Crippen LogP contribution is -2.44. The van der Waals surface area contributed by atoms with Crippen LogP contribution in [0.4, 0.5) is 0 Å². The van der Waals surface area contributed by atoms with E-state index in [-0.39, 0.29) is 13.0 Å². The van der Waals surface area contributed by atoms with Crippen LogP contribution in [0.5, 0.6) is 5.75 Å². The molecule has 2 rings (SSSR count). The fraction of sp³-hybridized carbons (Fsp3) is 0.176. The molecule has 0 aromatic heterocycles. The lowest BCUT2D eigenvalue weighted by atomic mass is 10.1. The number of ether oxygens (including phenoxy) is 1. The zero-order valence-corrected chi connectivity index (χ0v) is 14.1. The number of amides is 1. The maximum atomic E-state index is 11.9. The summed E-state index contributed by atoms with van der Waals surface area (Å²) in [6, 6.07) is 12.6. The monoisotopic (exact) mass is 367 g/mol. The highest BCUT2D eigenvalue weighted by Crippen LogP contribution is 2.26. The summed E-state index contributed by atoms with van der Waals surface area (Å²) in [4.78, 5) is 23.2. The molecule has 0 aliphatic heterocycles. The second-order valence-electron chi connectivity index (χ2n) is 5.01. The summed E-state index contributed by atoms with van der Waals surface area (Å²) in [6.07, 6.45) is 0.189. The third kappa shape index (κ3) is 5.44.